The predicted octanol–water partition coefficient (Wildman–Crippen LogP) is 3.05. The van der Waals surface area contributed by atoms with Crippen molar-refractivity contribution in [2.24, 2.45) is 0 Å². The maximum absolute atomic E-state index is 12.4. The number of nitrogens with zero attached hydrogens (tertiary/aromatic N) is 1. The lowest BCUT2D eigenvalue weighted by molar-refractivity contribution is 0.0662. The van der Waals surface area contributed by atoms with Crippen LogP contribution in [-0.4, -0.2) is 34.1 Å². The van der Waals surface area contributed by atoms with E-state index in [1.807, 2.05) is 13.8 Å². The monoisotopic (exact) mass is 291 g/mol. The van der Waals surface area contributed by atoms with Gasteiger partial charge in [-0.15, -0.1) is 0 Å². The Morgan fingerprint density at radius 3 is 2.62 bits per heavy atom. The van der Waals surface area contributed by atoms with Gasteiger partial charge in [0.15, 0.2) is 11.5 Å². The first kappa shape index (κ1) is 17.3. The van der Waals surface area contributed by atoms with Gasteiger partial charge < -0.3 is 14.4 Å². The smallest absolute Gasteiger partial charge is 0.289 e. The average Bonchev–Trinajstić information content (AvgIpc) is 2.85. The van der Waals surface area contributed by atoms with E-state index in [1.165, 1.54) is 0 Å². The molecule has 1 heterocycles. The van der Waals surface area contributed by atoms with Crippen LogP contribution in [0.3, 0.4) is 0 Å². The molecule has 1 atom stereocenters. The van der Waals surface area contributed by atoms with Crippen molar-refractivity contribution in [3.05, 3.63) is 23.7 Å². The van der Waals surface area contributed by atoms with Crippen LogP contribution in [0.25, 0.3) is 0 Å². The van der Waals surface area contributed by atoms with E-state index in [2.05, 4.69) is 18.8 Å². The number of amides is 1. The normalized spacial score (nSPS) is 12.5. The van der Waals surface area contributed by atoms with E-state index in [4.69, 9.17) is 4.42 Å². The number of hydrogen-bond acceptors (Lipinski definition) is 3. The minimum absolute atomic E-state index is 0.116. The van der Waals surface area contributed by atoms with Crippen LogP contribution in [-0.2, 0) is 0 Å². The van der Waals surface area contributed by atoms with Crippen molar-refractivity contribution in [2.75, 3.05) is 6.54 Å². The van der Waals surface area contributed by atoms with Gasteiger partial charge in [-0.3, -0.25) is 4.79 Å². The molecule has 1 aromatic rings. The van der Waals surface area contributed by atoms with E-state index >= 15 is 0 Å². The summed E-state index contributed by atoms with van der Waals surface area (Å²) in [6.07, 6.45) is 2.00. The van der Waals surface area contributed by atoms with Crippen LogP contribution in [0.5, 0.6) is 0 Å². The summed E-state index contributed by atoms with van der Waals surface area (Å²) in [5.74, 6) is 5.96. The highest BCUT2D eigenvalue weighted by atomic mass is 16.4. The maximum Gasteiger partial charge on any atom is 0.289 e. The van der Waals surface area contributed by atoms with Crippen LogP contribution in [0.15, 0.2) is 16.5 Å². The summed E-state index contributed by atoms with van der Waals surface area (Å²) in [5, 5.41) is 9.56. The summed E-state index contributed by atoms with van der Waals surface area (Å²) in [5.41, 5.74) is -1.08. The SMILES string of the molecule is CCC[C@@H](C)N(CC)C(=O)c1ccc(C#CC(C)(C)O)o1. The Morgan fingerprint density at radius 1 is 1.43 bits per heavy atom. The van der Waals surface area contributed by atoms with Crippen LogP contribution in [0.2, 0.25) is 0 Å². The molecule has 0 spiro atoms. The highest BCUT2D eigenvalue weighted by molar-refractivity contribution is 5.91. The molecule has 1 aromatic heterocycles. The van der Waals surface area contributed by atoms with Crippen LogP contribution in [0.4, 0.5) is 0 Å². The van der Waals surface area contributed by atoms with Gasteiger partial charge >= 0.3 is 0 Å². The highest BCUT2D eigenvalue weighted by Gasteiger charge is 2.22. The van der Waals surface area contributed by atoms with E-state index in [-0.39, 0.29) is 11.9 Å². The Bertz CT molecular complexity index is 528. The molecule has 1 amide bonds. The first-order valence-electron chi connectivity index (χ1n) is 7.44. The molecule has 0 fully saturated rings. The van der Waals surface area contributed by atoms with Gasteiger partial charge in [0, 0.05) is 12.6 Å². The molecule has 0 aromatic carbocycles. The number of carbonyl (C=O) groups is 1. The average molecular weight is 291 g/mol. The van der Waals surface area contributed by atoms with Crippen LogP contribution < -0.4 is 0 Å². The number of hydrogen-bond donors (Lipinski definition) is 1. The second-order valence-corrected chi connectivity index (χ2v) is 5.70. The van der Waals surface area contributed by atoms with E-state index in [1.54, 1.807) is 30.9 Å². The molecule has 4 heteroatoms. The van der Waals surface area contributed by atoms with Gasteiger partial charge in [0.2, 0.25) is 0 Å². The molecule has 0 unspecified atom stereocenters. The van der Waals surface area contributed by atoms with Crippen LogP contribution in [0.1, 0.15) is 63.8 Å². The van der Waals surface area contributed by atoms with E-state index < -0.39 is 5.60 Å². The topological polar surface area (TPSA) is 53.7 Å². The first-order chi connectivity index (χ1) is 9.78. The molecule has 4 nitrogen and oxygen atoms in total. The molecule has 1 rings (SSSR count). The first-order valence-corrected chi connectivity index (χ1v) is 7.44. The van der Waals surface area contributed by atoms with Crippen LogP contribution >= 0.6 is 0 Å². The lowest BCUT2D eigenvalue weighted by atomic mass is 10.1. The van der Waals surface area contributed by atoms with Gasteiger partial charge in [-0.05, 0) is 52.2 Å². The van der Waals surface area contributed by atoms with E-state index in [0.29, 0.717) is 18.1 Å². The lowest BCUT2D eigenvalue weighted by Crippen LogP contribution is -2.38. The molecule has 116 valence electrons. The summed E-state index contributed by atoms with van der Waals surface area (Å²) in [7, 11) is 0. The van der Waals surface area contributed by atoms with Gasteiger partial charge in [-0.1, -0.05) is 19.3 Å². The molecule has 0 aliphatic rings. The fraction of sp³-hybridized carbons (Fsp3) is 0.588. The minimum atomic E-state index is -1.08. The highest BCUT2D eigenvalue weighted by Crippen LogP contribution is 2.14. The molecular formula is C17H25NO3. The Labute approximate surface area is 127 Å². The quantitative estimate of drug-likeness (QED) is 0.848. The fourth-order valence-electron chi connectivity index (χ4n) is 2.11. The molecule has 0 saturated heterocycles. The zero-order chi connectivity index (χ0) is 16.0. The van der Waals surface area contributed by atoms with Crippen molar-refractivity contribution < 1.29 is 14.3 Å². The summed E-state index contributed by atoms with van der Waals surface area (Å²) in [6.45, 7) is 9.95. The standard InChI is InChI=1S/C17H25NO3/c1-6-8-13(3)18(7-2)16(19)15-10-9-14(21-15)11-12-17(4,5)20/h9-10,13,20H,6-8H2,1-5H3/t13-/m1/s1. The Morgan fingerprint density at radius 2 is 2.10 bits per heavy atom. The minimum Gasteiger partial charge on any atom is -0.443 e. The zero-order valence-corrected chi connectivity index (χ0v) is 13.6. The van der Waals surface area contributed by atoms with Crippen molar-refractivity contribution in [1.29, 1.82) is 0 Å². The molecule has 1 N–H and O–H groups in total. The number of rotatable bonds is 5. The van der Waals surface area contributed by atoms with Gasteiger partial charge in [-0.2, -0.15) is 0 Å². The molecule has 0 aliphatic carbocycles. The zero-order valence-electron chi connectivity index (χ0n) is 13.6. The summed E-state index contributed by atoms with van der Waals surface area (Å²) < 4.78 is 5.48. The predicted molar refractivity (Wildman–Crippen MR) is 83.0 cm³/mol. The lowest BCUT2D eigenvalue weighted by Gasteiger charge is -2.26. The van der Waals surface area contributed by atoms with Gasteiger partial charge in [0.1, 0.15) is 5.60 Å². The maximum atomic E-state index is 12.4. The van der Waals surface area contributed by atoms with Crippen LogP contribution in [0, 0.1) is 11.8 Å². The fourth-order valence-corrected chi connectivity index (χ4v) is 2.11. The number of carbonyl (C=O) groups excluding carboxylic acids is 1. The second kappa shape index (κ2) is 7.33. The molecular weight excluding hydrogens is 266 g/mol. The van der Waals surface area contributed by atoms with Crippen molar-refractivity contribution in [3.63, 3.8) is 0 Å². The number of aliphatic hydroxyl groups is 1. The summed E-state index contributed by atoms with van der Waals surface area (Å²) in [6, 6.07) is 3.48. The van der Waals surface area contributed by atoms with Crippen molar-refractivity contribution in [1.82, 2.24) is 4.90 Å². The Kier molecular flexibility index (Phi) is 6.04. The van der Waals surface area contributed by atoms with E-state index in [0.717, 1.165) is 12.8 Å². The molecule has 21 heavy (non-hydrogen) atoms. The van der Waals surface area contributed by atoms with Gasteiger partial charge in [-0.25, -0.2) is 0 Å². The Hall–Kier alpha value is -1.73. The van der Waals surface area contributed by atoms with E-state index in [9.17, 15) is 9.90 Å². The molecule has 0 aliphatic heterocycles. The second-order valence-electron chi connectivity index (χ2n) is 5.70. The summed E-state index contributed by atoms with van der Waals surface area (Å²) in [4.78, 5) is 14.2. The van der Waals surface area contributed by atoms with Gasteiger partial charge in [0.25, 0.3) is 5.91 Å². The number of furan rings is 1. The van der Waals surface area contributed by atoms with Crippen molar-refractivity contribution in [3.8, 4) is 11.8 Å². The third kappa shape index (κ3) is 5.28. The largest absolute Gasteiger partial charge is 0.443 e. The summed E-state index contributed by atoms with van der Waals surface area (Å²) >= 11 is 0. The third-order valence-electron chi connectivity index (χ3n) is 3.15. The Balaban J connectivity index is 2.88. The molecule has 0 bridgehead atoms. The molecule has 0 saturated carbocycles. The van der Waals surface area contributed by atoms with Crippen molar-refractivity contribution in [2.45, 2.75) is 59.1 Å². The van der Waals surface area contributed by atoms with Crippen molar-refractivity contribution >= 4 is 5.91 Å². The third-order valence-corrected chi connectivity index (χ3v) is 3.15. The van der Waals surface area contributed by atoms with Gasteiger partial charge in [0.05, 0.1) is 0 Å². The molecule has 0 radical (unpaired) electrons.